The number of rotatable bonds is 6. The molecule has 1 rings (SSSR count). The van der Waals surface area contributed by atoms with Crippen molar-refractivity contribution in [1.82, 2.24) is 5.32 Å². The molecule has 5 nitrogen and oxygen atoms in total. The lowest BCUT2D eigenvalue weighted by molar-refractivity contribution is -0.141. The van der Waals surface area contributed by atoms with Gasteiger partial charge in [0, 0.05) is 23.2 Å². The number of Topliss-reactive ketones (excluding diaryl/α,β-unsaturated/α-hetero) is 1. The summed E-state index contributed by atoms with van der Waals surface area (Å²) in [5.74, 6) is 0.308. The monoisotopic (exact) mass is 425 g/mol. The van der Waals surface area contributed by atoms with Gasteiger partial charge in [-0.3, -0.25) is 4.79 Å². The predicted molar refractivity (Wildman–Crippen MR) is 111 cm³/mol. The second kappa shape index (κ2) is 11.7. The Balaban J connectivity index is 2.61. The molecule has 0 aliphatic carbocycles. The second-order valence-electron chi connectivity index (χ2n) is 6.52. The quantitative estimate of drug-likeness (QED) is 0.488. The summed E-state index contributed by atoms with van der Waals surface area (Å²) in [4.78, 5) is 34.7. The molecule has 0 aromatic rings. The molecule has 1 aliphatic rings. The third-order valence-electron chi connectivity index (χ3n) is 3.68. The Morgan fingerprint density at radius 3 is 2.64 bits per heavy atom. The van der Waals surface area contributed by atoms with Crippen molar-refractivity contribution >= 4 is 60.8 Å². The van der Waals surface area contributed by atoms with Crippen LogP contribution in [0.3, 0.4) is 0 Å². The van der Waals surface area contributed by atoms with Crippen LogP contribution in [-0.4, -0.2) is 50.3 Å². The summed E-state index contributed by atoms with van der Waals surface area (Å²) in [7, 11) is 6.40. The van der Waals surface area contributed by atoms with Gasteiger partial charge in [-0.2, -0.15) is 0 Å². The van der Waals surface area contributed by atoms with Crippen molar-refractivity contribution < 1.29 is 19.5 Å². The van der Waals surface area contributed by atoms with E-state index in [4.69, 9.17) is 0 Å². The summed E-state index contributed by atoms with van der Waals surface area (Å²) in [5.41, 5.74) is 0. The van der Waals surface area contributed by atoms with E-state index in [0.29, 0.717) is 17.4 Å². The maximum absolute atomic E-state index is 12.3. The molecule has 1 fully saturated rings. The summed E-state index contributed by atoms with van der Waals surface area (Å²) in [5, 5.41) is 12.4. The van der Waals surface area contributed by atoms with Crippen molar-refractivity contribution in [3.8, 4) is 0 Å². The highest BCUT2D eigenvalue weighted by atomic mass is 33.1. The topological polar surface area (TPSA) is 83.5 Å². The number of aliphatic carboxylic acids is 1. The molecule has 25 heavy (non-hydrogen) atoms. The van der Waals surface area contributed by atoms with Crippen LogP contribution >= 0.6 is 43.2 Å². The third-order valence-corrected chi connectivity index (χ3v) is 9.89. The highest BCUT2D eigenvalue weighted by molar-refractivity contribution is 8.77. The maximum Gasteiger partial charge on any atom is 0.327 e. The molecule has 2 unspecified atom stereocenters. The zero-order valence-electron chi connectivity index (χ0n) is 14.9. The van der Waals surface area contributed by atoms with Gasteiger partial charge in [0.25, 0.3) is 0 Å². The molecule has 9 heteroatoms. The fourth-order valence-electron chi connectivity index (χ4n) is 2.10. The summed E-state index contributed by atoms with van der Waals surface area (Å²) in [6.45, 7) is 5.27. The number of carboxylic acid groups (broad SMARTS) is 1. The zero-order valence-corrected chi connectivity index (χ0v) is 18.2. The number of nitrogens with one attached hydrogen (secondary N) is 1. The Hall–Kier alpha value is 0.01000. The largest absolute Gasteiger partial charge is 0.480 e. The predicted octanol–water partition coefficient (Wildman–Crippen LogP) is 4.02. The van der Waals surface area contributed by atoms with E-state index in [9.17, 15) is 19.5 Å². The first kappa shape index (κ1) is 23.0. The van der Waals surface area contributed by atoms with Crippen molar-refractivity contribution in [2.45, 2.75) is 68.9 Å². The Bertz CT molecular complexity index is 473. The number of hydrogen-bond donors (Lipinski definition) is 2. The van der Waals surface area contributed by atoms with Gasteiger partial charge in [0.15, 0.2) is 0 Å². The highest BCUT2D eigenvalue weighted by Crippen LogP contribution is 2.40. The highest BCUT2D eigenvalue weighted by Gasteiger charge is 2.33. The molecule has 1 amide bonds. The molecule has 0 radical (unpaired) electrons. The average Bonchev–Trinajstić information content (AvgIpc) is 2.52. The lowest BCUT2D eigenvalue weighted by Crippen LogP contribution is -2.49. The molecule has 0 spiro atoms. The number of carbonyl (C=O) groups is 3. The lowest BCUT2D eigenvalue weighted by Gasteiger charge is -2.26. The minimum absolute atomic E-state index is 0.231. The van der Waals surface area contributed by atoms with Crippen LogP contribution in [0, 0.1) is 0 Å². The minimum Gasteiger partial charge on any atom is -0.480 e. The Morgan fingerprint density at radius 2 is 2.00 bits per heavy atom. The standard InChI is InChI=1S/C16H27NO4S4/c1-11(18)6-4-5-7-12-8-9-22-25-16(2,3)15(21)17-13(14(19)20)10-23-24-12/h12-13H,4-10H2,1-3H3,(H,17,21)(H,19,20). The fraction of sp³-hybridized carbons (Fsp3) is 0.812. The first-order valence-electron chi connectivity index (χ1n) is 8.34. The zero-order chi connectivity index (χ0) is 18.9. The van der Waals surface area contributed by atoms with Gasteiger partial charge in [-0.25, -0.2) is 4.79 Å². The summed E-state index contributed by atoms with van der Waals surface area (Å²) < 4.78 is -0.660. The Kier molecular flexibility index (Phi) is 10.8. The van der Waals surface area contributed by atoms with E-state index in [1.807, 2.05) is 13.8 Å². The van der Waals surface area contributed by atoms with E-state index < -0.39 is 16.8 Å². The molecule has 144 valence electrons. The van der Waals surface area contributed by atoms with E-state index in [-0.39, 0.29) is 11.7 Å². The molecule has 0 bridgehead atoms. The molecular formula is C16H27NO4S4. The number of unbranched alkanes of at least 4 members (excludes halogenated alkanes) is 1. The second-order valence-corrected chi connectivity index (χ2v) is 12.3. The van der Waals surface area contributed by atoms with E-state index in [2.05, 4.69) is 5.32 Å². The van der Waals surface area contributed by atoms with E-state index in [1.54, 1.807) is 28.5 Å². The Morgan fingerprint density at radius 1 is 1.28 bits per heavy atom. The number of carboxylic acids is 1. The molecule has 2 atom stereocenters. The van der Waals surface area contributed by atoms with E-state index in [0.717, 1.165) is 31.4 Å². The van der Waals surface area contributed by atoms with Crippen LogP contribution in [-0.2, 0) is 14.4 Å². The van der Waals surface area contributed by atoms with Gasteiger partial charge in [0.2, 0.25) is 5.91 Å². The Labute approximate surface area is 165 Å². The normalized spacial score (nSPS) is 25.3. The van der Waals surface area contributed by atoms with Gasteiger partial charge < -0.3 is 15.2 Å². The van der Waals surface area contributed by atoms with Crippen LogP contribution < -0.4 is 5.32 Å². The molecule has 1 aliphatic heterocycles. The van der Waals surface area contributed by atoms with Gasteiger partial charge in [-0.1, -0.05) is 49.6 Å². The number of ketones is 1. The van der Waals surface area contributed by atoms with E-state index >= 15 is 0 Å². The third kappa shape index (κ3) is 9.49. The smallest absolute Gasteiger partial charge is 0.327 e. The van der Waals surface area contributed by atoms with Crippen molar-refractivity contribution in [2.24, 2.45) is 0 Å². The minimum atomic E-state index is -0.995. The van der Waals surface area contributed by atoms with Crippen LogP contribution in [0.15, 0.2) is 0 Å². The lowest BCUT2D eigenvalue weighted by atomic mass is 10.1. The molecule has 0 aromatic heterocycles. The van der Waals surface area contributed by atoms with E-state index in [1.165, 1.54) is 21.6 Å². The van der Waals surface area contributed by atoms with Crippen molar-refractivity contribution in [3.05, 3.63) is 0 Å². The van der Waals surface area contributed by atoms with Crippen molar-refractivity contribution in [1.29, 1.82) is 0 Å². The summed E-state index contributed by atoms with van der Waals surface area (Å²) in [6.07, 6.45) is 4.62. The van der Waals surface area contributed by atoms with Crippen LogP contribution in [0.5, 0.6) is 0 Å². The summed E-state index contributed by atoms with van der Waals surface area (Å²) in [6, 6.07) is -0.868. The maximum atomic E-state index is 12.3. The van der Waals surface area contributed by atoms with Crippen LogP contribution in [0.2, 0.25) is 0 Å². The molecule has 0 saturated carbocycles. The molecule has 2 N–H and O–H groups in total. The first-order chi connectivity index (χ1) is 11.7. The van der Waals surface area contributed by atoms with Crippen molar-refractivity contribution in [2.75, 3.05) is 11.5 Å². The van der Waals surface area contributed by atoms with Gasteiger partial charge >= 0.3 is 5.97 Å². The van der Waals surface area contributed by atoms with Crippen molar-refractivity contribution in [3.63, 3.8) is 0 Å². The SMILES string of the molecule is CC(=O)CCCCC1CCSSC(C)(C)C(=O)NC(C(=O)O)CSS1. The average molecular weight is 426 g/mol. The van der Waals surface area contributed by atoms with Gasteiger partial charge in [0.1, 0.15) is 11.8 Å². The van der Waals surface area contributed by atoms with Gasteiger partial charge in [0.05, 0.1) is 4.75 Å². The van der Waals surface area contributed by atoms with Gasteiger partial charge in [-0.15, -0.1) is 0 Å². The molecule has 1 saturated heterocycles. The first-order valence-corrected chi connectivity index (χ1v) is 13.0. The van der Waals surface area contributed by atoms with Crippen LogP contribution in [0.25, 0.3) is 0 Å². The number of carbonyl (C=O) groups excluding carboxylic acids is 2. The fourth-order valence-corrected chi connectivity index (χ4v) is 7.70. The van der Waals surface area contributed by atoms with Gasteiger partial charge in [-0.05, 0) is 40.0 Å². The molecule has 1 heterocycles. The molecule has 0 aromatic carbocycles. The molecular weight excluding hydrogens is 398 g/mol. The summed E-state index contributed by atoms with van der Waals surface area (Å²) >= 11 is 0. The van der Waals surface area contributed by atoms with Crippen LogP contribution in [0.1, 0.15) is 52.9 Å². The number of hydrogen-bond acceptors (Lipinski definition) is 7. The number of amides is 1. The van der Waals surface area contributed by atoms with Crippen LogP contribution in [0.4, 0.5) is 0 Å².